The molecule has 2 aromatic carbocycles. The molecule has 0 N–H and O–H groups in total. The number of hydrogen-bond acceptors (Lipinski definition) is 1. The van der Waals surface area contributed by atoms with Gasteiger partial charge in [-0.3, -0.25) is 0 Å². The molecule has 0 aliphatic heterocycles. The van der Waals surface area contributed by atoms with Gasteiger partial charge in [0.2, 0.25) is 0 Å². The van der Waals surface area contributed by atoms with Crippen molar-refractivity contribution >= 4 is 11.6 Å². The highest BCUT2D eigenvalue weighted by atomic mass is 35.5. The highest BCUT2D eigenvalue weighted by molar-refractivity contribution is 6.17. The quantitative estimate of drug-likeness (QED) is 0.520. The van der Waals surface area contributed by atoms with Crippen molar-refractivity contribution in [2.75, 3.05) is 12.5 Å². The lowest BCUT2D eigenvalue weighted by molar-refractivity contribution is 0.0779. The minimum Gasteiger partial charge on any atom is -0.369 e. The molecule has 2 aromatic rings. The zero-order valence-corrected chi connectivity index (χ0v) is 11.7. The van der Waals surface area contributed by atoms with Gasteiger partial charge in [0.1, 0.15) is 6.10 Å². The summed E-state index contributed by atoms with van der Waals surface area (Å²) < 4.78 is 6.06. The Morgan fingerprint density at radius 1 is 0.789 bits per heavy atom. The van der Waals surface area contributed by atoms with Crippen LogP contribution in [0.1, 0.15) is 30.1 Å². The van der Waals surface area contributed by atoms with Crippen molar-refractivity contribution in [2.24, 2.45) is 0 Å². The minimum atomic E-state index is 0.0118. The van der Waals surface area contributed by atoms with E-state index in [0.717, 1.165) is 19.4 Å². The van der Waals surface area contributed by atoms with Crippen molar-refractivity contribution in [3.05, 3.63) is 71.8 Å². The first-order valence-electron chi connectivity index (χ1n) is 6.69. The zero-order chi connectivity index (χ0) is 13.3. The first-order chi connectivity index (χ1) is 9.42. The average molecular weight is 275 g/mol. The lowest BCUT2D eigenvalue weighted by Crippen LogP contribution is -2.07. The number of ether oxygens (including phenoxy) is 1. The molecule has 0 bridgehead atoms. The van der Waals surface area contributed by atoms with Crippen molar-refractivity contribution in [1.82, 2.24) is 0 Å². The molecule has 0 saturated heterocycles. The molecule has 0 atom stereocenters. The van der Waals surface area contributed by atoms with E-state index >= 15 is 0 Å². The number of halogens is 1. The SMILES string of the molecule is ClCCCCOC(c1ccccc1)c1ccccc1. The van der Waals surface area contributed by atoms with Crippen LogP contribution in [-0.4, -0.2) is 12.5 Å². The van der Waals surface area contributed by atoms with E-state index in [1.54, 1.807) is 0 Å². The first-order valence-corrected chi connectivity index (χ1v) is 7.22. The van der Waals surface area contributed by atoms with E-state index in [4.69, 9.17) is 16.3 Å². The lowest BCUT2D eigenvalue weighted by atomic mass is 10.0. The predicted octanol–water partition coefficient (Wildman–Crippen LogP) is 4.81. The maximum atomic E-state index is 6.06. The van der Waals surface area contributed by atoms with Crippen LogP contribution in [0.4, 0.5) is 0 Å². The largest absolute Gasteiger partial charge is 0.369 e. The van der Waals surface area contributed by atoms with E-state index in [1.165, 1.54) is 11.1 Å². The van der Waals surface area contributed by atoms with E-state index in [2.05, 4.69) is 24.3 Å². The fraction of sp³-hybridized carbons (Fsp3) is 0.294. The van der Waals surface area contributed by atoms with Crippen molar-refractivity contribution < 1.29 is 4.74 Å². The van der Waals surface area contributed by atoms with E-state index in [-0.39, 0.29) is 6.10 Å². The Hall–Kier alpha value is -1.31. The molecule has 0 aromatic heterocycles. The van der Waals surface area contributed by atoms with E-state index in [9.17, 15) is 0 Å². The molecule has 2 heteroatoms. The van der Waals surface area contributed by atoms with Gasteiger partial charge < -0.3 is 4.74 Å². The third-order valence-electron chi connectivity index (χ3n) is 3.02. The molecule has 0 aliphatic rings. The molecule has 19 heavy (non-hydrogen) atoms. The van der Waals surface area contributed by atoms with E-state index < -0.39 is 0 Å². The number of alkyl halides is 1. The maximum absolute atomic E-state index is 6.06. The van der Waals surface area contributed by atoms with Crippen LogP contribution in [-0.2, 0) is 4.74 Å². The highest BCUT2D eigenvalue weighted by Gasteiger charge is 2.13. The van der Waals surface area contributed by atoms with Crippen LogP contribution in [0, 0.1) is 0 Å². The Bertz CT molecular complexity index is 416. The van der Waals surface area contributed by atoms with Crippen molar-refractivity contribution in [3.8, 4) is 0 Å². The summed E-state index contributed by atoms with van der Waals surface area (Å²) in [6.07, 6.45) is 2.01. The lowest BCUT2D eigenvalue weighted by Gasteiger charge is -2.19. The monoisotopic (exact) mass is 274 g/mol. The van der Waals surface area contributed by atoms with Crippen LogP contribution < -0.4 is 0 Å². The topological polar surface area (TPSA) is 9.23 Å². The fourth-order valence-corrected chi connectivity index (χ4v) is 2.23. The smallest absolute Gasteiger partial charge is 0.108 e. The summed E-state index contributed by atoms with van der Waals surface area (Å²) in [5.74, 6) is 0.699. The Kier molecular flexibility index (Phi) is 5.93. The van der Waals surface area contributed by atoms with Gasteiger partial charge in [-0.25, -0.2) is 0 Å². The Balaban J connectivity index is 2.10. The standard InChI is InChI=1S/C17H19ClO/c18-13-7-8-14-19-17(15-9-3-1-4-10-15)16-11-5-2-6-12-16/h1-6,9-12,17H,7-8,13-14H2. The van der Waals surface area contributed by atoms with Gasteiger partial charge in [0, 0.05) is 12.5 Å². The normalized spacial score (nSPS) is 10.8. The molecular weight excluding hydrogens is 256 g/mol. The molecule has 0 saturated carbocycles. The molecule has 100 valence electrons. The minimum absolute atomic E-state index is 0.0118. The summed E-state index contributed by atoms with van der Waals surface area (Å²) >= 11 is 5.70. The predicted molar refractivity (Wildman–Crippen MR) is 80.6 cm³/mol. The van der Waals surface area contributed by atoms with Crippen LogP contribution in [0.15, 0.2) is 60.7 Å². The third kappa shape index (κ3) is 4.38. The number of hydrogen-bond donors (Lipinski definition) is 0. The van der Waals surface area contributed by atoms with Gasteiger partial charge in [0.15, 0.2) is 0 Å². The number of rotatable bonds is 7. The summed E-state index contributed by atoms with van der Waals surface area (Å²) in [4.78, 5) is 0. The van der Waals surface area contributed by atoms with Gasteiger partial charge in [0.05, 0.1) is 0 Å². The molecule has 0 radical (unpaired) electrons. The summed E-state index contributed by atoms with van der Waals surface area (Å²) in [6, 6.07) is 20.7. The van der Waals surface area contributed by atoms with Crippen LogP contribution in [0.5, 0.6) is 0 Å². The molecular formula is C17H19ClO. The molecule has 0 aliphatic carbocycles. The average Bonchev–Trinajstić information content (AvgIpc) is 2.49. The number of benzene rings is 2. The molecule has 0 fully saturated rings. The Morgan fingerprint density at radius 2 is 1.32 bits per heavy atom. The summed E-state index contributed by atoms with van der Waals surface area (Å²) in [6.45, 7) is 0.737. The second-order valence-corrected chi connectivity index (χ2v) is 4.85. The molecule has 0 spiro atoms. The second-order valence-electron chi connectivity index (χ2n) is 4.47. The van der Waals surface area contributed by atoms with E-state index in [1.807, 2.05) is 36.4 Å². The highest BCUT2D eigenvalue weighted by Crippen LogP contribution is 2.25. The molecule has 0 unspecified atom stereocenters. The second kappa shape index (κ2) is 7.98. The van der Waals surface area contributed by atoms with Gasteiger partial charge in [-0.2, -0.15) is 0 Å². The van der Waals surface area contributed by atoms with Crippen molar-refractivity contribution in [3.63, 3.8) is 0 Å². The van der Waals surface area contributed by atoms with Gasteiger partial charge >= 0.3 is 0 Å². The van der Waals surface area contributed by atoms with Crippen LogP contribution >= 0.6 is 11.6 Å². The van der Waals surface area contributed by atoms with Crippen LogP contribution in [0.25, 0.3) is 0 Å². The first kappa shape index (κ1) is 14.1. The van der Waals surface area contributed by atoms with Crippen LogP contribution in [0.3, 0.4) is 0 Å². The molecule has 2 rings (SSSR count). The Morgan fingerprint density at radius 3 is 1.79 bits per heavy atom. The third-order valence-corrected chi connectivity index (χ3v) is 3.28. The summed E-state index contributed by atoms with van der Waals surface area (Å²) in [5, 5.41) is 0. The number of unbranched alkanes of at least 4 members (excludes halogenated alkanes) is 1. The molecule has 1 nitrogen and oxygen atoms in total. The van der Waals surface area contributed by atoms with Gasteiger partial charge in [0.25, 0.3) is 0 Å². The van der Waals surface area contributed by atoms with Crippen molar-refractivity contribution in [2.45, 2.75) is 18.9 Å². The van der Waals surface area contributed by atoms with E-state index in [0.29, 0.717) is 5.88 Å². The fourth-order valence-electron chi connectivity index (χ4n) is 2.04. The maximum Gasteiger partial charge on any atom is 0.108 e. The van der Waals surface area contributed by atoms with Crippen molar-refractivity contribution in [1.29, 1.82) is 0 Å². The van der Waals surface area contributed by atoms with Gasteiger partial charge in [-0.1, -0.05) is 60.7 Å². The summed E-state index contributed by atoms with van der Waals surface area (Å²) in [7, 11) is 0. The zero-order valence-electron chi connectivity index (χ0n) is 11.0. The van der Waals surface area contributed by atoms with Crippen LogP contribution in [0.2, 0.25) is 0 Å². The summed E-state index contributed by atoms with van der Waals surface area (Å²) in [5.41, 5.74) is 2.39. The molecule has 0 amide bonds. The van der Waals surface area contributed by atoms with Gasteiger partial charge in [-0.05, 0) is 24.0 Å². The van der Waals surface area contributed by atoms with Gasteiger partial charge in [-0.15, -0.1) is 11.6 Å². The molecule has 0 heterocycles. The Labute approximate surface area is 120 Å².